The highest BCUT2D eigenvalue weighted by Gasteiger charge is 2.31. The first-order chi connectivity index (χ1) is 11.7. The predicted octanol–water partition coefficient (Wildman–Crippen LogP) is 2.36. The molecule has 1 aromatic carbocycles. The molecule has 0 aliphatic carbocycles. The second-order valence-corrected chi connectivity index (χ2v) is 8.04. The molecule has 1 atom stereocenters. The molecule has 0 fully saturated rings. The van der Waals surface area contributed by atoms with E-state index in [2.05, 4.69) is 4.57 Å². The van der Waals surface area contributed by atoms with Crippen molar-refractivity contribution in [3.8, 4) is 0 Å². The van der Waals surface area contributed by atoms with Crippen molar-refractivity contribution in [3.05, 3.63) is 52.8 Å². The molecule has 3 rings (SSSR count). The highest BCUT2D eigenvalue weighted by atomic mass is 32.2. The van der Waals surface area contributed by atoms with E-state index in [1.165, 1.54) is 6.07 Å². The van der Waals surface area contributed by atoms with Crippen LogP contribution in [0.4, 0.5) is 0 Å². The lowest BCUT2D eigenvalue weighted by Crippen LogP contribution is -2.41. The Morgan fingerprint density at radius 2 is 2.00 bits per heavy atom. The topological polar surface area (TPSA) is 85.4 Å². The third kappa shape index (κ3) is 3.09. The summed E-state index contributed by atoms with van der Waals surface area (Å²) in [6.45, 7) is 6.86. The third-order valence-electron chi connectivity index (χ3n) is 4.98. The van der Waals surface area contributed by atoms with E-state index >= 15 is 0 Å². The van der Waals surface area contributed by atoms with Crippen LogP contribution in [-0.4, -0.2) is 30.3 Å². The van der Waals surface area contributed by atoms with Gasteiger partial charge in [0.2, 0.25) is 10.0 Å². The van der Waals surface area contributed by atoms with Gasteiger partial charge in [0, 0.05) is 30.5 Å². The molecular formula is C18H23N3O3S. The number of rotatable bonds is 3. The first-order valence-corrected chi connectivity index (χ1v) is 9.88. The molecule has 1 aliphatic rings. The zero-order valence-corrected chi connectivity index (χ0v) is 15.5. The number of nitrogens with two attached hydrogens (primary N) is 1. The molecule has 134 valence electrons. The molecule has 1 aromatic heterocycles. The summed E-state index contributed by atoms with van der Waals surface area (Å²) in [5.74, 6) is -0.160. The fourth-order valence-electron chi connectivity index (χ4n) is 3.55. The molecule has 2 heterocycles. The van der Waals surface area contributed by atoms with Gasteiger partial charge in [-0.15, -0.1) is 0 Å². The van der Waals surface area contributed by atoms with Crippen LogP contribution in [0.1, 0.15) is 46.6 Å². The fourth-order valence-corrected chi connectivity index (χ4v) is 4.43. The number of benzene rings is 1. The van der Waals surface area contributed by atoms with Crippen LogP contribution in [-0.2, 0) is 16.6 Å². The number of nitrogens with zero attached hydrogens (tertiary/aromatic N) is 2. The predicted molar refractivity (Wildman–Crippen MR) is 95.8 cm³/mol. The maximum atomic E-state index is 13.1. The lowest BCUT2D eigenvalue weighted by Gasteiger charge is -2.36. The van der Waals surface area contributed by atoms with Crippen molar-refractivity contribution in [3.63, 3.8) is 0 Å². The quantitative estimate of drug-likeness (QED) is 0.910. The summed E-state index contributed by atoms with van der Waals surface area (Å²) in [5.41, 5.74) is 2.80. The summed E-state index contributed by atoms with van der Waals surface area (Å²) >= 11 is 0. The third-order valence-corrected chi connectivity index (χ3v) is 6.02. The smallest absolute Gasteiger partial charge is 0.254 e. The van der Waals surface area contributed by atoms with E-state index < -0.39 is 10.0 Å². The van der Waals surface area contributed by atoms with Gasteiger partial charge in [0.25, 0.3) is 5.91 Å². The minimum Gasteiger partial charge on any atom is -0.348 e. The Kier molecular flexibility index (Phi) is 4.47. The summed E-state index contributed by atoms with van der Waals surface area (Å²) in [6, 6.07) is 7.15. The Hall–Kier alpha value is -2.12. The molecule has 0 spiro atoms. The molecule has 0 unspecified atom stereocenters. The van der Waals surface area contributed by atoms with Crippen molar-refractivity contribution in [1.29, 1.82) is 0 Å². The first kappa shape index (κ1) is 17.7. The Bertz CT molecular complexity index is 931. The van der Waals surface area contributed by atoms with Gasteiger partial charge in [-0.3, -0.25) is 4.79 Å². The van der Waals surface area contributed by atoms with Gasteiger partial charge in [-0.1, -0.05) is 6.92 Å². The van der Waals surface area contributed by atoms with E-state index in [1.807, 2.05) is 30.2 Å². The van der Waals surface area contributed by atoms with E-state index in [1.54, 1.807) is 19.9 Å². The minimum absolute atomic E-state index is 0.0178. The van der Waals surface area contributed by atoms with Gasteiger partial charge in [0.1, 0.15) is 0 Å². The summed E-state index contributed by atoms with van der Waals surface area (Å²) in [6.07, 6.45) is 2.82. The van der Waals surface area contributed by atoms with E-state index in [0.29, 0.717) is 17.7 Å². The molecule has 6 nitrogen and oxygen atoms in total. The van der Waals surface area contributed by atoms with Crippen LogP contribution in [0.3, 0.4) is 0 Å². The molecular weight excluding hydrogens is 338 g/mol. The number of sulfonamides is 1. The number of carbonyl (C=O) groups is 1. The second-order valence-electron chi connectivity index (χ2n) is 6.51. The van der Waals surface area contributed by atoms with Crippen molar-refractivity contribution in [2.75, 3.05) is 6.54 Å². The normalized spacial score (nSPS) is 17.4. The van der Waals surface area contributed by atoms with Crippen LogP contribution in [0.2, 0.25) is 0 Å². The zero-order valence-electron chi connectivity index (χ0n) is 14.7. The van der Waals surface area contributed by atoms with E-state index in [0.717, 1.165) is 24.2 Å². The van der Waals surface area contributed by atoms with Crippen LogP contribution in [0.25, 0.3) is 0 Å². The van der Waals surface area contributed by atoms with Crippen LogP contribution in [0.15, 0.2) is 35.4 Å². The lowest BCUT2D eigenvalue weighted by molar-refractivity contribution is 0.0617. The van der Waals surface area contributed by atoms with Crippen molar-refractivity contribution < 1.29 is 13.2 Å². The van der Waals surface area contributed by atoms with Gasteiger partial charge < -0.3 is 9.47 Å². The Morgan fingerprint density at radius 1 is 1.28 bits per heavy atom. The number of amides is 1. The van der Waals surface area contributed by atoms with Crippen LogP contribution >= 0.6 is 0 Å². The van der Waals surface area contributed by atoms with Crippen molar-refractivity contribution in [2.24, 2.45) is 5.14 Å². The summed E-state index contributed by atoms with van der Waals surface area (Å²) in [7, 11) is -3.88. The van der Waals surface area contributed by atoms with Crippen molar-refractivity contribution >= 4 is 15.9 Å². The number of fused-ring (bicyclic) bond motifs is 1. The van der Waals surface area contributed by atoms with Gasteiger partial charge >= 0.3 is 0 Å². The average molecular weight is 361 g/mol. The van der Waals surface area contributed by atoms with Gasteiger partial charge in [0.05, 0.1) is 10.9 Å². The molecule has 1 amide bonds. The van der Waals surface area contributed by atoms with Crippen LogP contribution in [0, 0.1) is 13.8 Å². The molecule has 0 saturated carbocycles. The van der Waals surface area contributed by atoms with E-state index in [9.17, 15) is 13.2 Å². The van der Waals surface area contributed by atoms with Crippen molar-refractivity contribution in [2.45, 2.75) is 44.7 Å². The molecule has 1 aliphatic heterocycles. The Balaban J connectivity index is 2.03. The van der Waals surface area contributed by atoms with E-state index in [-0.39, 0.29) is 16.8 Å². The maximum absolute atomic E-state index is 13.1. The first-order valence-electron chi connectivity index (χ1n) is 8.34. The zero-order chi connectivity index (χ0) is 18.4. The maximum Gasteiger partial charge on any atom is 0.254 e. The highest BCUT2D eigenvalue weighted by Crippen LogP contribution is 2.31. The summed E-state index contributed by atoms with van der Waals surface area (Å²) in [4.78, 5) is 15.0. The molecule has 0 saturated heterocycles. The number of aryl methyl sites for hydroxylation is 1. The number of primary sulfonamides is 1. The Morgan fingerprint density at radius 3 is 2.64 bits per heavy atom. The van der Waals surface area contributed by atoms with Gasteiger partial charge in [-0.2, -0.15) is 0 Å². The van der Waals surface area contributed by atoms with Gasteiger partial charge in [0.15, 0.2) is 0 Å². The monoisotopic (exact) mass is 361 g/mol. The van der Waals surface area contributed by atoms with Crippen molar-refractivity contribution in [1.82, 2.24) is 9.47 Å². The number of aromatic nitrogens is 1. The molecule has 2 aromatic rings. The molecule has 2 N–H and O–H groups in total. The lowest BCUT2D eigenvalue weighted by atomic mass is 10.0. The van der Waals surface area contributed by atoms with Gasteiger partial charge in [-0.25, -0.2) is 13.6 Å². The second kappa shape index (κ2) is 6.31. The molecule has 25 heavy (non-hydrogen) atoms. The van der Waals surface area contributed by atoms with E-state index in [4.69, 9.17) is 5.14 Å². The largest absolute Gasteiger partial charge is 0.348 e. The molecule has 0 bridgehead atoms. The number of carbonyl (C=O) groups excluding carboxylic acids is 1. The Labute approximate surface area is 148 Å². The average Bonchev–Trinajstić information content (AvgIpc) is 3.03. The number of hydrogen-bond acceptors (Lipinski definition) is 3. The fraction of sp³-hybridized carbons (Fsp3) is 0.389. The molecule has 7 heteroatoms. The number of hydrogen-bond donors (Lipinski definition) is 1. The SMILES string of the molecule is CC[C@H]1c2cccn2CCN1C(=O)c1cc(C)c(C)c(S(N)(=O)=O)c1. The highest BCUT2D eigenvalue weighted by molar-refractivity contribution is 7.89. The summed E-state index contributed by atoms with van der Waals surface area (Å²) < 4.78 is 25.9. The summed E-state index contributed by atoms with van der Waals surface area (Å²) in [5, 5.41) is 5.32. The molecule has 0 radical (unpaired) electrons. The van der Waals surface area contributed by atoms with Crippen LogP contribution < -0.4 is 5.14 Å². The standard InChI is InChI=1S/C18H23N3O3S/c1-4-15-16-6-5-7-20(16)8-9-21(15)18(22)14-10-12(2)13(3)17(11-14)25(19,23)24/h5-7,10-11,15H,4,8-9H2,1-3H3,(H2,19,23,24)/t15-/m0/s1. The minimum atomic E-state index is -3.88. The van der Waals surface area contributed by atoms with Crippen LogP contribution in [0.5, 0.6) is 0 Å². The van der Waals surface area contributed by atoms with Gasteiger partial charge in [-0.05, 0) is 55.7 Å².